The number of carbonyl (C=O) groups is 1. The summed E-state index contributed by atoms with van der Waals surface area (Å²) in [6.07, 6.45) is 14.8. The molecular formula is C24H33NO3. The van der Waals surface area contributed by atoms with Gasteiger partial charge < -0.3 is 9.84 Å². The molecule has 1 aromatic carbocycles. The third kappa shape index (κ3) is 8.12. The van der Waals surface area contributed by atoms with Crippen LogP contribution in [0.25, 0.3) is 11.1 Å². The van der Waals surface area contributed by atoms with Gasteiger partial charge in [0.2, 0.25) is 0 Å². The molecule has 2 aromatic rings. The molecule has 0 aliphatic carbocycles. The number of unbranched alkanes of at least 4 members (excludes halogenated alkanes) is 9. The first kappa shape index (κ1) is 21.9. The van der Waals surface area contributed by atoms with Crippen LogP contribution in [0.2, 0.25) is 0 Å². The number of hydrogen-bond donors (Lipinski definition) is 1. The number of aromatic nitrogens is 1. The summed E-state index contributed by atoms with van der Waals surface area (Å²) in [6.45, 7) is 3.01. The Bertz CT molecular complexity index is 680. The second kappa shape index (κ2) is 12.9. The second-order valence-corrected chi connectivity index (χ2v) is 7.29. The largest absolute Gasteiger partial charge is 0.494 e. The van der Waals surface area contributed by atoms with E-state index >= 15 is 0 Å². The van der Waals surface area contributed by atoms with E-state index in [0.717, 1.165) is 29.9 Å². The lowest BCUT2D eigenvalue weighted by molar-refractivity contribution is 0.0690. The van der Waals surface area contributed by atoms with Crippen LogP contribution < -0.4 is 4.74 Å². The van der Waals surface area contributed by atoms with Crippen LogP contribution in [0, 0.1) is 0 Å². The third-order valence-electron chi connectivity index (χ3n) is 4.94. The molecule has 28 heavy (non-hydrogen) atoms. The van der Waals surface area contributed by atoms with Crippen molar-refractivity contribution in [1.29, 1.82) is 0 Å². The second-order valence-electron chi connectivity index (χ2n) is 7.29. The normalized spacial score (nSPS) is 10.8. The number of hydrogen-bond acceptors (Lipinski definition) is 3. The van der Waals surface area contributed by atoms with Crippen molar-refractivity contribution in [2.45, 2.75) is 71.1 Å². The van der Waals surface area contributed by atoms with E-state index in [0.29, 0.717) is 0 Å². The van der Waals surface area contributed by atoms with Crippen molar-refractivity contribution >= 4 is 5.97 Å². The maximum atomic E-state index is 10.9. The first-order valence-electron chi connectivity index (χ1n) is 10.6. The highest BCUT2D eigenvalue weighted by molar-refractivity contribution is 5.85. The predicted molar refractivity (Wildman–Crippen MR) is 114 cm³/mol. The fraction of sp³-hybridized carbons (Fsp3) is 0.500. The average molecular weight is 384 g/mol. The van der Waals surface area contributed by atoms with Crippen molar-refractivity contribution < 1.29 is 14.6 Å². The summed E-state index contributed by atoms with van der Waals surface area (Å²) in [5.41, 5.74) is 1.95. The molecule has 0 radical (unpaired) electrons. The van der Waals surface area contributed by atoms with E-state index in [1.807, 2.05) is 24.3 Å². The molecule has 4 heteroatoms. The zero-order valence-electron chi connectivity index (χ0n) is 17.0. The first-order valence-corrected chi connectivity index (χ1v) is 10.6. The number of benzene rings is 1. The van der Waals surface area contributed by atoms with Crippen LogP contribution in [0.15, 0.2) is 42.6 Å². The third-order valence-corrected chi connectivity index (χ3v) is 4.94. The maximum Gasteiger partial charge on any atom is 0.354 e. The van der Waals surface area contributed by atoms with Gasteiger partial charge in [-0.25, -0.2) is 9.78 Å². The van der Waals surface area contributed by atoms with E-state index in [1.54, 1.807) is 12.3 Å². The minimum Gasteiger partial charge on any atom is -0.494 e. The molecule has 1 N–H and O–H groups in total. The molecule has 1 aromatic heterocycles. The molecule has 0 amide bonds. The average Bonchev–Trinajstić information content (AvgIpc) is 2.72. The van der Waals surface area contributed by atoms with Crippen LogP contribution in [0.3, 0.4) is 0 Å². The fourth-order valence-electron chi connectivity index (χ4n) is 3.21. The van der Waals surface area contributed by atoms with E-state index in [-0.39, 0.29) is 5.69 Å². The molecule has 0 saturated carbocycles. The Balaban J connectivity index is 1.59. The summed E-state index contributed by atoms with van der Waals surface area (Å²) in [7, 11) is 0. The Morgan fingerprint density at radius 2 is 1.39 bits per heavy atom. The van der Waals surface area contributed by atoms with E-state index < -0.39 is 5.97 Å². The zero-order valence-corrected chi connectivity index (χ0v) is 17.0. The lowest BCUT2D eigenvalue weighted by Crippen LogP contribution is -1.99. The van der Waals surface area contributed by atoms with Crippen molar-refractivity contribution in [3.05, 3.63) is 48.3 Å². The van der Waals surface area contributed by atoms with E-state index in [1.165, 1.54) is 63.9 Å². The summed E-state index contributed by atoms with van der Waals surface area (Å²) >= 11 is 0. The molecule has 0 saturated heterocycles. The van der Waals surface area contributed by atoms with Gasteiger partial charge in [0.1, 0.15) is 11.4 Å². The van der Waals surface area contributed by atoms with Crippen molar-refractivity contribution in [2.75, 3.05) is 6.61 Å². The summed E-state index contributed by atoms with van der Waals surface area (Å²) in [4.78, 5) is 14.8. The highest BCUT2D eigenvalue weighted by Crippen LogP contribution is 2.22. The lowest BCUT2D eigenvalue weighted by Gasteiger charge is -2.08. The van der Waals surface area contributed by atoms with Gasteiger partial charge in [0.15, 0.2) is 0 Å². The molecule has 0 atom stereocenters. The van der Waals surface area contributed by atoms with Gasteiger partial charge in [-0.15, -0.1) is 0 Å². The Labute approximate surface area is 169 Å². The molecule has 0 bridgehead atoms. The van der Waals surface area contributed by atoms with Gasteiger partial charge in [-0.3, -0.25) is 0 Å². The Kier molecular flexibility index (Phi) is 10.1. The number of nitrogens with zero attached hydrogens (tertiary/aromatic N) is 1. The minimum atomic E-state index is -1.01. The maximum absolute atomic E-state index is 10.9. The van der Waals surface area contributed by atoms with E-state index in [4.69, 9.17) is 9.84 Å². The van der Waals surface area contributed by atoms with Crippen LogP contribution in [0.1, 0.15) is 81.6 Å². The highest BCUT2D eigenvalue weighted by atomic mass is 16.5. The summed E-state index contributed by atoms with van der Waals surface area (Å²) in [5.74, 6) is -0.142. The molecule has 0 spiro atoms. The molecule has 0 aliphatic heterocycles. The molecular weight excluding hydrogens is 350 g/mol. The Morgan fingerprint density at radius 3 is 1.93 bits per heavy atom. The van der Waals surface area contributed by atoms with Gasteiger partial charge in [-0.05, 0) is 30.2 Å². The molecule has 0 fully saturated rings. The van der Waals surface area contributed by atoms with Gasteiger partial charge in [-0.2, -0.15) is 0 Å². The summed E-state index contributed by atoms with van der Waals surface area (Å²) in [5, 5.41) is 8.91. The molecule has 1 heterocycles. The lowest BCUT2D eigenvalue weighted by atomic mass is 10.1. The monoisotopic (exact) mass is 383 g/mol. The van der Waals surface area contributed by atoms with Crippen molar-refractivity contribution in [1.82, 2.24) is 4.98 Å². The Morgan fingerprint density at radius 1 is 0.821 bits per heavy atom. The quantitative estimate of drug-likeness (QED) is 0.367. The smallest absolute Gasteiger partial charge is 0.354 e. The highest BCUT2D eigenvalue weighted by Gasteiger charge is 2.05. The number of carboxylic acids is 1. The number of aromatic carboxylic acids is 1. The van der Waals surface area contributed by atoms with Crippen LogP contribution in [0.5, 0.6) is 5.75 Å². The molecule has 0 aliphatic rings. The van der Waals surface area contributed by atoms with Crippen molar-refractivity contribution in [3.8, 4) is 16.9 Å². The molecule has 4 nitrogen and oxygen atoms in total. The van der Waals surface area contributed by atoms with Crippen LogP contribution in [-0.4, -0.2) is 22.7 Å². The van der Waals surface area contributed by atoms with Gasteiger partial charge in [0.05, 0.1) is 6.61 Å². The standard InChI is InChI=1S/C24H33NO3/c1-2-3-4-5-6-7-8-9-10-11-18-28-22-15-12-20(13-16-22)21-14-17-23(24(26)27)25-19-21/h12-17,19H,2-11,18H2,1H3,(H,26,27). The number of rotatable bonds is 14. The number of pyridine rings is 1. The van der Waals surface area contributed by atoms with Gasteiger partial charge in [0, 0.05) is 11.8 Å². The van der Waals surface area contributed by atoms with Crippen molar-refractivity contribution in [3.63, 3.8) is 0 Å². The van der Waals surface area contributed by atoms with E-state index in [9.17, 15) is 4.79 Å². The molecule has 0 unspecified atom stereocenters. The molecule has 152 valence electrons. The zero-order chi connectivity index (χ0) is 20.0. The number of ether oxygens (including phenoxy) is 1. The van der Waals surface area contributed by atoms with Crippen LogP contribution in [0.4, 0.5) is 0 Å². The van der Waals surface area contributed by atoms with Gasteiger partial charge in [-0.1, -0.05) is 82.9 Å². The van der Waals surface area contributed by atoms with Crippen molar-refractivity contribution in [2.24, 2.45) is 0 Å². The SMILES string of the molecule is CCCCCCCCCCCCOc1ccc(-c2ccc(C(=O)O)nc2)cc1. The molecule has 2 rings (SSSR count). The van der Waals surface area contributed by atoms with Gasteiger partial charge >= 0.3 is 5.97 Å². The number of carboxylic acid groups (broad SMARTS) is 1. The minimum absolute atomic E-state index is 0.0557. The topological polar surface area (TPSA) is 59.4 Å². The predicted octanol–water partition coefficient (Wildman–Crippen LogP) is 6.75. The summed E-state index contributed by atoms with van der Waals surface area (Å²) in [6, 6.07) is 11.2. The van der Waals surface area contributed by atoms with Gasteiger partial charge in [0.25, 0.3) is 0 Å². The van der Waals surface area contributed by atoms with Crippen LogP contribution in [-0.2, 0) is 0 Å². The van der Waals surface area contributed by atoms with Crippen LogP contribution >= 0.6 is 0 Å². The van der Waals surface area contributed by atoms with E-state index in [2.05, 4.69) is 11.9 Å². The first-order chi connectivity index (χ1) is 13.7. The fourth-order valence-corrected chi connectivity index (χ4v) is 3.21. The summed E-state index contributed by atoms with van der Waals surface area (Å²) < 4.78 is 5.83. The Hall–Kier alpha value is -2.36.